The van der Waals surface area contributed by atoms with Gasteiger partial charge in [-0.1, -0.05) is 60.2 Å². The fourth-order valence-corrected chi connectivity index (χ4v) is 3.27. The number of rotatable bonds is 5. The van der Waals surface area contributed by atoms with Crippen molar-refractivity contribution in [3.63, 3.8) is 0 Å². The monoisotopic (exact) mass is 335 g/mol. The summed E-state index contributed by atoms with van der Waals surface area (Å²) in [5.74, 6) is -0.184. The molecular formula is C22H25NO2. The van der Waals surface area contributed by atoms with Gasteiger partial charge in [-0.05, 0) is 37.0 Å². The van der Waals surface area contributed by atoms with E-state index in [1.165, 1.54) is 11.1 Å². The third kappa shape index (κ3) is 4.37. The zero-order chi connectivity index (χ0) is 17.6. The van der Waals surface area contributed by atoms with E-state index in [0.717, 1.165) is 36.2 Å². The molecule has 0 fully saturated rings. The molecule has 3 rings (SSSR count). The molecule has 0 aromatic heterocycles. The maximum atomic E-state index is 12.5. The summed E-state index contributed by atoms with van der Waals surface area (Å²) in [4.78, 5) is 14.9. The molecule has 2 aromatic rings. The van der Waals surface area contributed by atoms with Crippen molar-refractivity contribution in [3.8, 4) is 0 Å². The lowest BCUT2D eigenvalue weighted by molar-refractivity contribution is -0.138. The Bertz CT molecular complexity index is 747. The second-order valence-corrected chi connectivity index (χ2v) is 6.49. The number of carbonyl (C=O) groups excluding carboxylic acids is 1. The molecule has 0 atom stereocenters. The highest BCUT2D eigenvalue weighted by Crippen LogP contribution is 2.29. The molecule has 1 aliphatic heterocycles. The Morgan fingerprint density at radius 1 is 1.08 bits per heavy atom. The van der Waals surface area contributed by atoms with Gasteiger partial charge in [-0.3, -0.25) is 4.90 Å². The Labute approximate surface area is 149 Å². The van der Waals surface area contributed by atoms with Crippen molar-refractivity contribution in [2.45, 2.75) is 26.8 Å². The summed E-state index contributed by atoms with van der Waals surface area (Å²) >= 11 is 0. The Kier molecular flexibility index (Phi) is 5.67. The SMILES string of the molecule is CCOC(=O)C1=C(c2ccc(C)cc2)CCN(Cc2ccccc2)C1. The van der Waals surface area contributed by atoms with Gasteiger partial charge in [-0.15, -0.1) is 0 Å². The highest BCUT2D eigenvalue weighted by molar-refractivity contribution is 5.98. The fourth-order valence-electron chi connectivity index (χ4n) is 3.27. The highest BCUT2D eigenvalue weighted by Gasteiger charge is 2.25. The maximum absolute atomic E-state index is 12.5. The topological polar surface area (TPSA) is 29.5 Å². The van der Waals surface area contributed by atoms with Crippen LogP contribution in [0.3, 0.4) is 0 Å². The van der Waals surface area contributed by atoms with Crippen molar-refractivity contribution in [3.05, 3.63) is 76.9 Å². The van der Waals surface area contributed by atoms with Crippen LogP contribution in [0.25, 0.3) is 5.57 Å². The number of benzene rings is 2. The van der Waals surface area contributed by atoms with Gasteiger partial charge in [0.15, 0.2) is 0 Å². The molecule has 0 radical (unpaired) electrons. The van der Waals surface area contributed by atoms with Gasteiger partial charge >= 0.3 is 5.97 Å². The van der Waals surface area contributed by atoms with Crippen LogP contribution >= 0.6 is 0 Å². The summed E-state index contributed by atoms with van der Waals surface area (Å²) < 4.78 is 5.33. The zero-order valence-corrected chi connectivity index (χ0v) is 15.0. The van der Waals surface area contributed by atoms with Crippen LogP contribution in [0.15, 0.2) is 60.2 Å². The molecular weight excluding hydrogens is 310 g/mol. The lowest BCUT2D eigenvalue weighted by Crippen LogP contribution is -2.34. The van der Waals surface area contributed by atoms with Gasteiger partial charge in [0.1, 0.15) is 0 Å². The first-order valence-electron chi connectivity index (χ1n) is 8.90. The van der Waals surface area contributed by atoms with Gasteiger partial charge < -0.3 is 4.74 Å². The number of hydrogen-bond acceptors (Lipinski definition) is 3. The lowest BCUT2D eigenvalue weighted by Gasteiger charge is -2.30. The van der Waals surface area contributed by atoms with Crippen LogP contribution in [0.5, 0.6) is 0 Å². The van der Waals surface area contributed by atoms with E-state index in [4.69, 9.17) is 4.74 Å². The third-order valence-electron chi connectivity index (χ3n) is 4.59. The van der Waals surface area contributed by atoms with Crippen LogP contribution in [0, 0.1) is 6.92 Å². The van der Waals surface area contributed by atoms with Crippen LogP contribution < -0.4 is 0 Å². The molecule has 0 aliphatic carbocycles. The lowest BCUT2D eigenvalue weighted by atomic mass is 9.92. The van der Waals surface area contributed by atoms with E-state index in [-0.39, 0.29) is 5.97 Å². The van der Waals surface area contributed by atoms with Gasteiger partial charge in [-0.25, -0.2) is 4.79 Å². The summed E-state index contributed by atoms with van der Waals surface area (Å²) in [6, 6.07) is 18.8. The van der Waals surface area contributed by atoms with Crippen molar-refractivity contribution < 1.29 is 9.53 Å². The van der Waals surface area contributed by atoms with E-state index in [0.29, 0.717) is 13.2 Å². The van der Waals surface area contributed by atoms with Crippen molar-refractivity contribution >= 4 is 11.5 Å². The summed E-state index contributed by atoms with van der Waals surface area (Å²) in [5, 5.41) is 0. The molecule has 1 aliphatic rings. The quantitative estimate of drug-likeness (QED) is 0.766. The summed E-state index contributed by atoms with van der Waals surface area (Å²) in [7, 11) is 0. The Morgan fingerprint density at radius 2 is 1.80 bits per heavy atom. The molecule has 0 N–H and O–H groups in total. The van der Waals surface area contributed by atoms with Gasteiger partial charge in [0, 0.05) is 19.6 Å². The van der Waals surface area contributed by atoms with Crippen molar-refractivity contribution in [1.29, 1.82) is 0 Å². The smallest absolute Gasteiger partial charge is 0.335 e. The average molecular weight is 335 g/mol. The molecule has 3 heteroatoms. The molecule has 2 aromatic carbocycles. The number of nitrogens with zero attached hydrogens (tertiary/aromatic N) is 1. The third-order valence-corrected chi connectivity index (χ3v) is 4.59. The standard InChI is InChI=1S/C22H25NO2/c1-3-25-22(24)21-16-23(15-18-7-5-4-6-8-18)14-13-20(21)19-11-9-17(2)10-12-19/h4-12H,3,13-16H2,1-2H3. The molecule has 0 bridgehead atoms. The van der Waals surface area contributed by atoms with E-state index in [2.05, 4.69) is 60.4 Å². The van der Waals surface area contributed by atoms with Crippen LogP contribution in [0.2, 0.25) is 0 Å². The Hall–Kier alpha value is -2.39. The average Bonchev–Trinajstić information content (AvgIpc) is 2.63. The van der Waals surface area contributed by atoms with Gasteiger partial charge in [0.2, 0.25) is 0 Å². The Balaban J connectivity index is 1.86. The van der Waals surface area contributed by atoms with E-state index in [9.17, 15) is 4.79 Å². The Morgan fingerprint density at radius 3 is 2.48 bits per heavy atom. The number of carbonyl (C=O) groups is 1. The molecule has 0 amide bonds. The van der Waals surface area contributed by atoms with Crippen molar-refractivity contribution in [1.82, 2.24) is 4.90 Å². The molecule has 130 valence electrons. The molecule has 0 saturated heterocycles. The zero-order valence-electron chi connectivity index (χ0n) is 15.0. The number of ether oxygens (including phenoxy) is 1. The van der Waals surface area contributed by atoms with Gasteiger partial charge in [0.05, 0.1) is 12.2 Å². The highest BCUT2D eigenvalue weighted by atomic mass is 16.5. The van der Waals surface area contributed by atoms with Crippen LogP contribution in [0.1, 0.15) is 30.0 Å². The minimum atomic E-state index is -0.184. The van der Waals surface area contributed by atoms with Crippen LogP contribution in [0.4, 0.5) is 0 Å². The van der Waals surface area contributed by atoms with Crippen molar-refractivity contribution in [2.24, 2.45) is 0 Å². The minimum absolute atomic E-state index is 0.184. The first kappa shape index (κ1) is 17.4. The number of hydrogen-bond donors (Lipinski definition) is 0. The van der Waals surface area contributed by atoms with Crippen LogP contribution in [-0.2, 0) is 16.1 Å². The van der Waals surface area contributed by atoms with Crippen LogP contribution in [-0.4, -0.2) is 30.6 Å². The molecule has 0 unspecified atom stereocenters. The summed E-state index contributed by atoms with van der Waals surface area (Å²) in [6.45, 7) is 6.77. The molecule has 0 saturated carbocycles. The molecule has 1 heterocycles. The van der Waals surface area contributed by atoms with E-state index < -0.39 is 0 Å². The molecule has 25 heavy (non-hydrogen) atoms. The predicted molar refractivity (Wildman–Crippen MR) is 101 cm³/mol. The molecule has 3 nitrogen and oxygen atoms in total. The first-order valence-corrected chi connectivity index (χ1v) is 8.90. The van der Waals surface area contributed by atoms with Crippen molar-refractivity contribution in [2.75, 3.05) is 19.7 Å². The van der Waals surface area contributed by atoms with Gasteiger partial charge in [0.25, 0.3) is 0 Å². The van der Waals surface area contributed by atoms with E-state index in [1.807, 2.05) is 13.0 Å². The van der Waals surface area contributed by atoms with E-state index >= 15 is 0 Å². The number of esters is 1. The largest absolute Gasteiger partial charge is 0.463 e. The van der Waals surface area contributed by atoms with Gasteiger partial charge in [-0.2, -0.15) is 0 Å². The predicted octanol–water partition coefficient (Wildman–Crippen LogP) is 4.22. The normalized spacial score (nSPS) is 15.3. The summed E-state index contributed by atoms with van der Waals surface area (Å²) in [6.07, 6.45) is 0.865. The second kappa shape index (κ2) is 8.13. The number of aryl methyl sites for hydroxylation is 1. The second-order valence-electron chi connectivity index (χ2n) is 6.49. The molecule has 0 spiro atoms. The summed E-state index contributed by atoms with van der Waals surface area (Å²) in [5.41, 5.74) is 5.55. The minimum Gasteiger partial charge on any atom is -0.463 e. The maximum Gasteiger partial charge on any atom is 0.335 e. The first-order chi connectivity index (χ1) is 12.2. The fraction of sp³-hybridized carbons (Fsp3) is 0.318. The van der Waals surface area contributed by atoms with E-state index in [1.54, 1.807) is 0 Å².